The lowest BCUT2D eigenvalue weighted by Crippen LogP contribution is -2.38. The summed E-state index contributed by atoms with van der Waals surface area (Å²) in [7, 11) is -3.35. The van der Waals surface area contributed by atoms with Gasteiger partial charge >= 0.3 is 0 Å². The molecule has 1 unspecified atom stereocenters. The van der Waals surface area contributed by atoms with Crippen LogP contribution in [0.25, 0.3) is 0 Å². The molecule has 1 atom stereocenters. The molecule has 4 nitrogen and oxygen atoms in total. The highest BCUT2D eigenvalue weighted by atomic mass is 32.2. The fourth-order valence-electron chi connectivity index (χ4n) is 2.29. The molecule has 1 aromatic rings. The molecule has 0 heterocycles. The van der Waals surface area contributed by atoms with E-state index >= 15 is 0 Å². The molecule has 1 aromatic carbocycles. The van der Waals surface area contributed by atoms with Crippen LogP contribution in [0.4, 0.5) is 5.69 Å². The molecule has 0 fully saturated rings. The van der Waals surface area contributed by atoms with Crippen molar-refractivity contribution >= 4 is 15.7 Å². The smallest absolute Gasteiger partial charge is 0.216 e. The van der Waals surface area contributed by atoms with Crippen LogP contribution < -0.4 is 10.5 Å². The van der Waals surface area contributed by atoms with E-state index in [1.165, 1.54) is 0 Å². The number of nitrogens with one attached hydrogen (secondary N) is 1. The summed E-state index contributed by atoms with van der Waals surface area (Å²) in [5.41, 5.74) is 6.94. The van der Waals surface area contributed by atoms with Gasteiger partial charge in [0.2, 0.25) is 10.0 Å². The van der Waals surface area contributed by atoms with Crippen LogP contribution in [0, 0.1) is 5.92 Å². The van der Waals surface area contributed by atoms with Gasteiger partial charge in [0.15, 0.2) is 0 Å². The Bertz CT molecular complexity index is 496. The predicted octanol–water partition coefficient (Wildman–Crippen LogP) is 2.51. The van der Waals surface area contributed by atoms with Crippen molar-refractivity contribution in [2.75, 3.05) is 5.73 Å². The highest BCUT2D eigenvalue weighted by Crippen LogP contribution is 2.17. The minimum Gasteiger partial charge on any atom is -0.398 e. The van der Waals surface area contributed by atoms with Crippen LogP contribution >= 0.6 is 0 Å². The van der Waals surface area contributed by atoms with Crippen molar-refractivity contribution in [3.63, 3.8) is 0 Å². The van der Waals surface area contributed by atoms with Gasteiger partial charge in [-0.15, -0.1) is 0 Å². The van der Waals surface area contributed by atoms with E-state index in [9.17, 15) is 8.42 Å². The zero-order chi connectivity index (χ0) is 14.5. The van der Waals surface area contributed by atoms with Crippen molar-refractivity contribution < 1.29 is 8.42 Å². The summed E-state index contributed by atoms with van der Waals surface area (Å²) >= 11 is 0. The average Bonchev–Trinajstić information content (AvgIpc) is 2.32. The third-order valence-corrected chi connectivity index (χ3v) is 4.94. The van der Waals surface area contributed by atoms with E-state index in [1.54, 1.807) is 24.3 Å². The molecule has 0 amide bonds. The van der Waals surface area contributed by atoms with Crippen LogP contribution in [0.15, 0.2) is 24.3 Å². The molecular formula is C14H24N2O2S. The first-order valence-corrected chi connectivity index (χ1v) is 8.38. The molecule has 0 radical (unpaired) electrons. The Morgan fingerprint density at radius 3 is 2.32 bits per heavy atom. The van der Waals surface area contributed by atoms with Gasteiger partial charge in [0.05, 0.1) is 5.75 Å². The van der Waals surface area contributed by atoms with Gasteiger partial charge in [-0.3, -0.25) is 0 Å². The summed E-state index contributed by atoms with van der Waals surface area (Å²) in [6.07, 6.45) is 1.93. The first-order valence-electron chi connectivity index (χ1n) is 6.73. The maximum atomic E-state index is 12.1. The lowest BCUT2D eigenvalue weighted by Gasteiger charge is -2.22. The zero-order valence-corrected chi connectivity index (χ0v) is 12.7. The number of anilines is 1. The number of hydrogen-bond donors (Lipinski definition) is 2. The number of rotatable bonds is 7. The lowest BCUT2D eigenvalue weighted by molar-refractivity contribution is 0.390. The third-order valence-electron chi connectivity index (χ3n) is 3.52. The molecule has 0 aromatic heterocycles. The molecule has 5 heteroatoms. The summed E-state index contributed by atoms with van der Waals surface area (Å²) < 4.78 is 27.0. The highest BCUT2D eigenvalue weighted by Gasteiger charge is 2.21. The standard InChI is InChI=1S/C14H24N2O2S/c1-4-12(5-2)11(3)16-19(17,18)10-13-8-6-7-9-14(13)15/h6-9,11-12,16H,4-5,10,15H2,1-3H3. The normalized spacial score (nSPS) is 13.7. The van der Waals surface area contributed by atoms with Gasteiger partial charge in [-0.1, -0.05) is 44.9 Å². The van der Waals surface area contributed by atoms with E-state index in [1.807, 2.05) is 6.92 Å². The molecule has 0 aliphatic carbocycles. The molecule has 0 aliphatic heterocycles. The van der Waals surface area contributed by atoms with E-state index in [0.29, 0.717) is 17.2 Å². The van der Waals surface area contributed by atoms with Gasteiger partial charge in [-0.25, -0.2) is 13.1 Å². The number of benzene rings is 1. The first-order chi connectivity index (χ1) is 8.89. The minimum absolute atomic E-state index is 0.0510. The molecule has 1 rings (SSSR count). The van der Waals surface area contributed by atoms with Crippen LogP contribution in [0.2, 0.25) is 0 Å². The Labute approximate surface area is 116 Å². The largest absolute Gasteiger partial charge is 0.398 e. The second-order valence-electron chi connectivity index (χ2n) is 4.94. The van der Waals surface area contributed by atoms with Crippen molar-refractivity contribution in [2.45, 2.75) is 45.4 Å². The SMILES string of the molecule is CCC(CC)C(C)NS(=O)(=O)Cc1ccccc1N. The summed E-state index contributed by atoms with van der Waals surface area (Å²) in [6, 6.07) is 7.01. The van der Waals surface area contributed by atoms with Gasteiger partial charge in [-0.05, 0) is 24.5 Å². The molecule has 19 heavy (non-hydrogen) atoms. The Morgan fingerprint density at radius 1 is 1.21 bits per heavy atom. The highest BCUT2D eigenvalue weighted by molar-refractivity contribution is 7.88. The van der Waals surface area contributed by atoms with Crippen molar-refractivity contribution in [1.82, 2.24) is 4.72 Å². The predicted molar refractivity (Wildman–Crippen MR) is 80.1 cm³/mol. The summed E-state index contributed by atoms with van der Waals surface area (Å²) in [5.74, 6) is 0.298. The fourth-order valence-corrected chi connectivity index (χ4v) is 3.80. The minimum atomic E-state index is -3.35. The van der Waals surface area contributed by atoms with E-state index in [-0.39, 0.29) is 11.8 Å². The third kappa shape index (κ3) is 4.84. The summed E-state index contributed by atoms with van der Waals surface area (Å²) in [5, 5.41) is 0. The van der Waals surface area contributed by atoms with E-state index in [4.69, 9.17) is 5.73 Å². The van der Waals surface area contributed by atoms with E-state index in [0.717, 1.165) is 12.8 Å². The monoisotopic (exact) mass is 284 g/mol. The van der Waals surface area contributed by atoms with Crippen LogP contribution in [0.3, 0.4) is 0 Å². The topological polar surface area (TPSA) is 72.2 Å². The Morgan fingerprint density at radius 2 is 1.79 bits per heavy atom. The van der Waals surface area contributed by atoms with Crippen LogP contribution in [0.1, 0.15) is 39.2 Å². The Hall–Kier alpha value is -1.07. The van der Waals surface area contributed by atoms with E-state index < -0.39 is 10.0 Å². The second kappa shape index (κ2) is 6.91. The van der Waals surface area contributed by atoms with Gasteiger partial charge in [-0.2, -0.15) is 0 Å². The number of para-hydroxylation sites is 1. The second-order valence-corrected chi connectivity index (χ2v) is 6.69. The molecule has 0 aliphatic rings. The summed E-state index contributed by atoms with van der Waals surface area (Å²) in [6.45, 7) is 6.08. The molecular weight excluding hydrogens is 260 g/mol. The van der Waals surface area contributed by atoms with Crippen LogP contribution in [-0.4, -0.2) is 14.5 Å². The van der Waals surface area contributed by atoms with Crippen LogP contribution in [0.5, 0.6) is 0 Å². The van der Waals surface area contributed by atoms with Crippen molar-refractivity contribution in [3.8, 4) is 0 Å². The Kier molecular flexibility index (Phi) is 5.82. The molecule has 3 N–H and O–H groups in total. The van der Waals surface area contributed by atoms with Crippen LogP contribution in [-0.2, 0) is 15.8 Å². The van der Waals surface area contributed by atoms with Gasteiger partial charge in [0, 0.05) is 11.7 Å². The maximum Gasteiger partial charge on any atom is 0.216 e. The summed E-state index contributed by atoms with van der Waals surface area (Å²) in [4.78, 5) is 0. The maximum absolute atomic E-state index is 12.1. The molecule has 0 spiro atoms. The van der Waals surface area contributed by atoms with Gasteiger partial charge < -0.3 is 5.73 Å². The molecule has 0 saturated carbocycles. The van der Waals surface area contributed by atoms with Gasteiger partial charge in [0.25, 0.3) is 0 Å². The van der Waals surface area contributed by atoms with Gasteiger partial charge in [0.1, 0.15) is 0 Å². The molecule has 0 saturated heterocycles. The quantitative estimate of drug-likeness (QED) is 0.756. The lowest BCUT2D eigenvalue weighted by atomic mass is 9.96. The molecule has 108 valence electrons. The first kappa shape index (κ1) is 16.0. The fraction of sp³-hybridized carbons (Fsp3) is 0.571. The van der Waals surface area contributed by atoms with Crippen molar-refractivity contribution in [2.24, 2.45) is 5.92 Å². The van der Waals surface area contributed by atoms with Crippen molar-refractivity contribution in [1.29, 1.82) is 0 Å². The zero-order valence-electron chi connectivity index (χ0n) is 11.9. The number of sulfonamides is 1. The number of hydrogen-bond acceptors (Lipinski definition) is 3. The van der Waals surface area contributed by atoms with Crippen molar-refractivity contribution in [3.05, 3.63) is 29.8 Å². The number of nitrogen functional groups attached to an aromatic ring is 1. The number of nitrogens with two attached hydrogens (primary N) is 1. The average molecular weight is 284 g/mol. The Balaban J connectivity index is 2.75. The molecule has 0 bridgehead atoms. The van der Waals surface area contributed by atoms with E-state index in [2.05, 4.69) is 18.6 Å².